The maximum absolute atomic E-state index is 14.3. The normalized spacial score (nSPS) is 12.6. The summed E-state index contributed by atoms with van der Waals surface area (Å²) in [4.78, 5) is 34.3. The molecular formula is C56H71ClN6O8S2. The number of rotatable bonds is 17. The molecule has 6 aromatic rings. The maximum atomic E-state index is 14.3. The largest absolute Gasteiger partial charge is 0.452 e. The number of sulfonamides is 2. The van der Waals surface area contributed by atoms with E-state index < -0.39 is 37.6 Å². The molecule has 0 fully saturated rings. The van der Waals surface area contributed by atoms with Gasteiger partial charge in [0.05, 0.1) is 29.7 Å². The quantitative estimate of drug-likeness (QED) is 0.0892. The van der Waals surface area contributed by atoms with Crippen LogP contribution in [0.25, 0.3) is 22.3 Å². The van der Waals surface area contributed by atoms with Crippen LogP contribution < -0.4 is 9.44 Å². The molecule has 0 saturated carbocycles. The number of ether oxygens (including phenoxy) is 2. The van der Waals surface area contributed by atoms with Crippen LogP contribution in [0.3, 0.4) is 0 Å². The average molecular weight is 1060 g/mol. The van der Waals surface area contributed by atoms with Crippen LogP contribution in [0.2, 0.25) is 5.15 Å². The minimum Gasteiger partial charge on any atom is -0.452 e. The second kappa shape index (κ2) is 21.9. The van der Waals surface area contributed by atoms with Crippen molar-refractivity contribution in [2.45, 2.75) is 141 Å². The maximum Gasteiger partial charge on any atom is 0.420 e. The highest BCUT2D eigenvalue weighted by molar-refractivity contribution is 7.90. The molecule has 0 unspecified atom stereocenters. The summed E-state index contributed by atoms with van der Waals surface area (Å²) in [6.45, 7) is 26.3. The fraction of sp³-hybridized carbons (Fsp3) is 0.429. The molecule has 14 nitrogen and oxygen atoms in total. The van der Waals surface area contributed by atoms with E-state index in [-0.39, 0.29) is 31.7 Å². The van der Waals surface area contributed by atoms with E-state index in [1.807, 2.05) is 83.8 Å². The van der Waals surface area contributed by atoms with Gasteiger partial charge in [-0.25, -0.2) is 45.8 Å². The van der Waals surface area contributed by atoms with E-state index in [1.165, 1.54) is 6.07 Å². The molecule has 0 atom stereocenters. The molecule has 0 aliphatic rings. The van der Waals surface area contributed by atoms with Gasteiger partial charge in [-0.15, -0.1) is 0 Å². The number of nitrogens with zero attached hydrogens (tertiary/aromatic N) is 4. The Morgan fingerprint density at radius 3 is 1.55 bits per heavy atom. The molecule has 2 aromatic heterocycles. The summed E-state index contributed by atoms with van der Waals surface area (Å²) >= 11 is 6.68. The minimum atomic E-state index is -4.46. The molecular weight excluding hydrogens is 984 g/mol. The third-order valence-corrected chi connectivity index (χ3v) is 15.3. The number of imidazole rings is 2. The highest BCUT2D eigenvalue weighted by Crippen LogP contribution is 2.38. The molecule has 392 valence electrons. The molecule has 4 aromatic carbocycles. The third kappa shape index (κ3) is 13.8. The molecule has 0 spiro atoms. The third-order valence-electron chi connectivity index (χ3n) is 12.4. The summed E-state index contributed by atoms with van der Waals surface area (Å²) in [6, 6.07) is 24.0. The van der Waals surface area contributed by atoms with Crippen molar-refractivity contribution >= 4 is 43.8 Å². The van der Waals surface area contributed by atoms with E-state index in [0.717, 1.165) is 60.0 Å². The summed E-state index contributed by atoms with van der Waals surface area (Å²) < 4.78 is 73.0. The first-order valence-electron chi connectivity index (χ1n) is 24.4. The highest BCUT2D eigenvalue weighted by Gasteiger charge is 2.32. The summed E-state index contributed by atoms with van der Waals surface area (Å²) in [7, 11) is -6.52. The Balaban J connectivity index is 1.37. The second-order valence-corrected chi connectivity index (χ2v) is 26.1. The van der Waals surface area contributed by atoms with Crippen molar-refractivity contribution in [3.63, 3.8) is 0 Å². The Bertz CT molecular complexity index is 3200. The van der Waals surface area contributed by atoms with Crippen LogP contribution in [0, 0.1) is 11.8 Å². The number of carbonyl (C=O) groups is 2. The number of halogens is 1. The lowest BCUT2D eigenvalue weighted by Gasteiger charge is -2.28. The molecule has 0 saturated heterocycles. The first-order valence-corrected chi connectivity index (χ1v) is 27.7. The van der Waals surface area contributed by atoms with E-state index in [2.05, 4.69) is 89.5 Å². The molecule has 0 aliphatic carbocycles. The molecule has 0 bridgehead atoms. The van der Waals surface area contributed by atoms with E-state index in [1.54, 1.807) is 18.3 Å². The Morgan fingerprint density at radius 1 is 0.589 bits per heavy atom. The predicted octanol–water partition coefficient (Wildman–Crippen LogP) is 11.8. The van der Waals surface area contributed by atoms with Crippen molar-refractivity contribution in [3.8, 4) is 22.3 Å². The van der Waals surface area contributed by atoms with Crippen molar-refractivity contribution in [2.24, 2.45) is 11.8 Å². The van der Waals surface area contributed by atoms with Crippen molar-refractivity contribution in [3.05, 3.63) is 142 Å². The molecule has 2 amide bonds. The first-order chi connectivity index (χ1) is 33.9. The number of benzene rings is 4. The number of hydrogen-bond donors (Lipinski definition) is 2. The summed E-state index contributed by atoms with van der Waals surface area (Å²) in [5.41, 5.74) is 6.66. The zero-order valence-corrected chi connectivity index (χ0v) is 47.0. The Hall–Kier alpha value is -5.97. The van der Waals surface area contributed by atoms with Crippen molar-refractivity contribution in [2.75, 3.05) is 14.2 Å². The lowest BCUT2D eigenvalue weighted by Crippen LogP contribution is -2.31. The lowest BCUT2D eigenvalue weighted by atomic mass is 9.81. The number of aromatic nitrogens is 4. The van der Waals surface area contributed by atoms with Gasteiger partial charge < -0.3 is 18.6 Å². The van der Waals surface area contributed by atoms with Gasteiger partial charge in [-0.2, -0.15) is 0 Å². The van der Waals surface area contributed by atoms with Crippen LogP contribution in [0.5, 0.6) is 0 Å². The summed E-state index contributed by atoms with van der Waals surface area (Å²) in [6.07, 6.45) is 3.38. The Labute approximate surface area is 437 Å². The zero-order chi connectivity index (χ0) is 54.0. The van der Waals surface area contributed by atoms with Gasteiger partial charge in [0.2, 0.25) is 0 Å². The van der Waals surface area contributed by atoms with Gasteiger partial charge in [0.15, 0.2) is 0 Å². The second-order valence-electron chi connectivity index (χ2n) is 22.4. The SMILES string of the molecule is COC(=O)NS(=O)(=O)c1ccc(CC(C)C)cc1-c1ccc(Cn2cc(Cl)nc2C(C)(C)Cc2cc(S(=O)(=O)NC(=O)OC)c(-c3ccc(Cn4cc(C(C)(C)C)nc4C(C)(C)C)cc3)cc2CC(C)C)cc1. The average Bonchev–Trinajstić information content (AvgIpc) is 3.90. The molecule has 0 radical (unpaired) electrons. The topological polar surface area (TPSA) is 181 Å². The first kappa shape index (κ1) is 56.3. The van der Waals surface area contributed by atoms with Gasteiger partial charge in [0.25, 0.3) is 20.0 Å². The molecule has 0 aliphatic heterocycles. The Morgan fingerprint density at radius 2 is 1.07 bits per heavy atom. The van der Waals surface area contributed by atoms with Crippen LogP contribution in [0.15, 0.2) is 101 Å². The molecule has 17 heteroatoms. The van der Waals surface area contributed by atoms with E-state index >= 15 is 0 Å². The molecule has 2 N–H and O–H groups in total. The van der Waals surface area contributed by atoms with E-state index in [9.17, 15) is 26.4 Å². The monoisotopic (exact) mass is 1050 g/mol. The fourth-order valence-electron chi connectivity index (χ4n) is 9.03. The summed E-state index contributed by atoms with van der Waals surface area (Å²) in [5, 5.41) is 0.277. The van der Waals surface area contributed by atoms with Crippen LogP contribution in [0.1, 0.15) is 128 Å². The van der Waals surface area contributed by atoms with Gasteiger partial charge in [0.1, 0.15) is 16.8 Å². The van der Waals surface area contributed by atoms with Gasteiger partial charge in [-0.05, 0) is 94.3 Å². The predicted molar refractivity (Wildman–Crippen MR) is 288 cm³/mol. The van der Waals surface area contributed by atoms with Crippen molar-refractivity contribution in [1.29, 1.82) is 0 Å². The number of hydrogen-bond acceptors (Lipinski definition) is 10. The minimum absolute atomic E-state index is 0.0607. The standard InChI is InChI=1S/C56H71ClN6O8S2/c1-35(2)25-39-19-24-46(72(66,67)60-52(64)70-13)44(27-39)40-20-15-38(16-21-40)32-63-34-49(57)59-51(63)56(11,12)30-43-29-47(73(68,69)61-53(65)71-14)45(28-42(43)26-36(3)4)41-22-17-37(18-23-41)31-62-33-48(54(5,6)7)58-50(62)55(8,9)10/h15-24,27-29,33-36H,25-26,30-32H2,1-14H3,(H,60,64)(H,61,65). The lowest BCUT2D eigenvalue weighted by molar-refractivity contribution is 0.176. The molecule has 2 heterocycles. The smallest absolute Gasteiger partial charge is 0.420 e. The fourth-order valence-corrected chi connectivity index (χ4v) is 11.5. The zero-order valence-electron chi connectivity index (χ0n) is 44.6. The number of methoxy groups -OCH3 is 2. The van der Waals surface area contributed by atoms with Crippen molar-refractivity contribution < 1.29 is 35.9 Å². The molecule has 73 heavy (non-hydrogen) atoms. The number of amides is 2. The van der Waals surface area contributed by atoms with Crippen LogP contribution >= 0.6 is 11.6 Å². The summed E-state index contributed by atoms with van der Waals surface area (Å²) in [5.74, 6) is 2.15. The van der Waals surface area contributed by atoms with E-state index in [0.29, 0.717) is 59.9 Å². The van der Waals surface area contributed by atoms with E-state index in [4.69, 9.17) is 26.3 Å². The van der Waals surface area contributed by atoms with Gasteiger partial charge in [-0.3, -0.25) is 0 Å². The van der Waals surface area contributed by atoms with Gasteiger partial charge in [-0.1, -0.05) is 149 Å². The van der Waals surface area contributed by atoms with Gasteiger partial charge in [0, 0.05) is 52.9 Å². The number of carbonyl (C=O) groups excluding carboxylic acids is 2. The molecule has 6 rings (SSSR count). The van der Waals surface area contributed by atoms with Crippen LogP contribution in [-0.4, -0.2) is 62.3 Å². The Kier molecular flexibility index (Phi) is 16.9. The van der Waals surface area contributed by atoms with Crippen LogP contribution in [0.4, 0.5) is 9.59 Å². The van der Waals surface area contributed by atoms with Crippen molar-refractivity contribution in [1.82, 2.24) is 28.5 Å². The van der Waals surface area contributed by atoms with Gasteiger partial charge >= 0.3 is 12.2 Å². The van der Waals surface area contributed by atoms with Crippen LogP contribution in [-0.2, 0) is 78.1 Å². The highest BCUT2D eigenvalue weighted by atomic mass is 35.5. The number of nitrogens with one attached hydrogen (secondary N) is 2.